The molecule has 0 aromatic heterocycles. The first-order valence-electron chi connectivity index (χ1n) is 18.0. The predicted molar refractivity (Wildman–Crippen MR) is 186 cm³/mol. The lowest BCUT2D eigenvalue weighted by molar-refractivity contribution is 0.389. The molecule has 0 aromatic carbocycles. The van der Waals surface area contributed by atoms with Gasteiger partial charge < -0.3 is 0 Å². The van der Waals surface area contributed by atoms with Crippen LogP contribution in [-0.4, -0.2) is 0 Å². The van der Waals surface area contributed by atoms with Crippen molar-refractivity contribution < 1.29 is 0 Å². The number of rotatable bonds is 26. The van der Waals surface area contributed by atoms with Crippen molar-refractivity contribution in [2.75, 3.05) is 0 Å². The van der Waals surface area contributed by atoms with E-state index in [-0.39, 0.29) is 0 Å². The first-order valence-corrected chi connectivity index (χ1v) is 18.0. The molecule has 0 rings (SSSR count). The molecule has 0 aliphatic carbocycles. The van der Waals surface area contributed by atoms with E-state index in [4.69, 9.17) is 0 Å². The highest BCUT2D eigenvalue weighted by Gasteiger charge is 2.07. The lowest BCUT2D eigenvalue weighted by Crippen LogP contribution is -2.00. The van der Waals surface area contributed by atoms with Crippen LogP contribution in [0.2, 0.25) is 0 Å². The van der Waals surface area contributed by atoms with Crippen LogP contribution in [0.4, 0.5) is 0 Å². The highest BCUT2D eigenvalue weighted by atomic mass is 14.1. The average Bonchev–Trinajstić information content (AvgIpc) is 2.86. The van der Waals surface area contributed by atoms with Crippen molar-refractivity contribution in [1.29, 1.82) is 0 Å². The van der Waals surface area contributed by atoms with Crippen LogP contribution in [0.3, 0.4) is 0 Å². The van der Waals surface area contributed by atoms with Crippen molar-refractivity contribution in [1.82, 2.24) is 0 Å². The minimum Gasteiger partial charge on any atom is -0.0853 e. The molecule has 4 unspecified atom stereocenters. The van der Waals surface area contributed by atoms with Crippen LogP contribution < -0.4 is 0 Å². The minimum atomic E-state index is 0.809. The summed E-state index contributed by atoms with van der Waals surface area (Å²) >= 11 is 0. The fourth-order valence-electron chi connectivity index (χ4n) is 5.96. The van der Waals surface area contributed by atoms with Crippen LogP contribution in [0.1, 0.15) is 185 Å². The van der Waals surface area contributed by atoms with Gasteiger partial charge >= 0.3 is 0 Å². The van der Waals surface area contributed by atoms with Gasteiger partial charge in [0.05, 0.1) is 0 Å². The molecule has 0 radical (unpaired) electrons. The maximum atomic E-state index is 2.49. The molecule has 0 bridgehead atoms. The number of hydrogen-bond donors (Lipinski definition) is 0. The van der Waals surface area contributed by atoms with Gasteiger partial charge in [0.1, 0.15) is 0 Å². The van der Waals surface area contributed by atoms with E-state index in [1.807, 2.05) is 0 Å². The topological polar surface area (TPSA) is 0 Å². The molecular weight excluding hydrogens is 480 g/mol. The summed E-state index contributed by atoms with van der Waals surface area (Å²) in [5.74, 6) is 5.24. The van der Waals surface area contributed by atoms with E-state index in [2.05, 4.69) is 93.5 Å². The molecule has 0 fully saturated rings. The van der Waals surface area contributed by atoms with Crippen LogP contribution in [0.15, 0.2) is 35.5 Å². The second kappa shape index (κ2) is 25.9. The Balaban J connectivity index is 3.91. The first kappa shape index (κ1) is 39.2. The van der Waals surface area contributed by atoms with E-state index < -0.39 is 0 Å². The van der Waals surface area contributed by atoms with Gasteiger partial charge in [-0.25, -0.2) is 0 Å². The van der Waals surface area contributed by atoms with Crippen LogP contribution in [0.5, 0.6) is 0 Å². The third-order valence-electron chi connectivity index (χ3n) is 9.06. The Morgan fingerprint density at radius 1 is 0.475 bits per heavy atom. The summed E-state index contributed by atoms with van der Waals surface area (Å²) in [5, 5.41) is 0. The molecule has 0 aromatic rings. The normalized spacial score (nSPS) is 16.3. The lowest BCUT2D eigenvalue weighted by atomic mass is 9.91. The molecule has 0 heterocycles. The lowest BCUT2D eigenvalue weighted by Gasteiger charge is -2.15. The Kier molecular flexibility index (Phi) is 25.4. The summed E-state index contributed by atoms with van der Waals surface area (Å²) in [6.45, 7) is 23.8. The summed E-state index contributed by atoms with van der Waals surface area (Å²) in [5.41, 5.74) is 3.02. The molecule has 0 spiro atoms. The molecule has 0 nitrogen and oxygen atoms in total. The van der Waals surface area contributed by atoms with Crippen molar-refractivity contribution in [3.63, 3.8) is 0 Å². The fraction of sp³-hybridized carbons (Fsp3) is 0.850. The number of allylic oxidation sites excluding steroid dienone is 6. The molecule has 40 heavy (non-hydrogen) atoms. The van der Waals surface area contributed by atoms with Gasteiger partial charge in [0.15, 0.2) is 0 Å². The standard InChI is InChI=1S/C40H76/c1-33(2)19-13-23-37(7)27-17-31-39(9)29-15-25-35(5)21-11-12-22-36(6)26-16-30-40(10)32-18-28-38(8)24-14-20-34(3)4/h15,21-22,25,33-34,37-40H,11-14,16-20,23-24,26-32H2,1-10H3/b25-15+,35-21?,36-22?. The third kappa shape index (κ3) is 27.4. The predicted octanol–water partition coefficient (Wildman–Crippen LogP) is 14.3. The second-order valence-corrected chi connectivity index (χ2v) is 15.0. The highest BCUT2D eigenvalue weighted by molar-refractivity contribution is 5.16. The van der Waals surface area contributed by atoms with Crippen molar-refractivity contribution in [3.8, 4) is 0 Å². The van der Waals surface area contributed by atoms with E-state index >= 15 is 0 Å². The minimum absolute atomic E-state index is 0.809. The first-order chi connectivity index (χ1) is 19.0. The molecular formula is C40H76. The smallest absolute Gasteiger partial charge is 0.0310 e. The van der Waals surface area contributed by atoms with Crippen LogP contribution >= 0.6 is 0 Å². The molecule has 0 saturated heterocycles. The maximum absolute atomic E-state index is 2.49. The summed E-state index contributed by atoms with van der Waals surface area (Å²) in [7, 11) is 0. The largest absolute Gasteiger partial charge is 0.0853 e. The summed E-state index contributed by atoms with van der Waals surface area (Å²) < 4.78 is 0. The van der Waals surface area contributed by atoms with E-state index in [0.717, 1.165) is 35.5 Å². The molecule has 4 atom stereocenters. The van der Waals surface area contributed by atoms with Crippen LogP contribution in [0, 0.1) is 35.5 Å². The third-order valence-corrected chi connectivity index (χ3v) is 9.06. The monoisotopic (exact) mass is 557 g/mol. The molecule has 0 aliphatic heterocycles. The van der Waals surface area contributed by atoms with Crippen molar-refractivity contribution >= 4 is 0 Å². The Morgan fingerprint density at radius 3 is 1.35 bits per heavy atom. The Labute approximate surface area is 255 Å². The average molecular weight is 557 g/mol. The molecule has 236 valence electrons. The van der Waals surface area contributed by atoms with Gasteiger partial charge in [-0.1, -0.05) is 174 Å². The van der Waals surface area contributed by atoms with Crippen molar-refractivity contribution in [3.05, 3.63) is 35.5 Å². The van der Waals surface area contributed by atoms with Gasteiger partial charge in [-0.05, 0) is 81.5 Å². The van der Waals surface area contributed by atoms with E-state index in [0.29, 0.717) is 0 Å². The van der Waals surface area contributed by atoms with Gasteiger partial charge in [0, 0.05) is 0 Å². The van der Waals surface area contributed by atoms with E-state index in [1.54, 1.807) is 5.57 Å². The van der Waals surface area contributed by atoms with Gasteiger partial charge in [0.2, 0.25) is 0 Å². The number of unbranched alkanes of at least 4 members (excludes halogenated alkanes) is 1. The SMILES string of the molecule is CC(=CCCC=C(C)CCCC(C)CCCC(C)CCCC(C)C)/C=C/CC(C)CCCC(C)CCCC(C)C. The quantitative estimate of drug-likeness (QED) is 0.0564. The summed E-state index contributed by atoms with van der Waals surface area (Å²) in [6, 6.07) is 0. The maximum Gasteiger partial charge on any atom is -0.0310 e. The summed E-state index contributed by atoms with van der Waals surface area (Å²) in [6.07, 6.45) is 34.3. The Morgan fingerprint density at radius 2 is 0.875 bits per heavy atom. The van der Waals surface area contributed by atoms with Crippen LogP contribution in [-0.2, 0) is 0 Å². The zero-order valence-corrected chi connectivity index (χ0v) is 29.5. The van der Waals surface area contributed by atoms with Gasteiger partial charge in [-0.3, -0.25) is 0 Å². The Hall–Kier alpha value is -0.780. The van der Waals surface area contributed by atoms with Gasteiger partial charge in [0.25, 0.3) is 0 Å². The molecule has 0 aliphatic rings. The van der Waals surface area contributed by atoms with Gasteiger partial charge in [-0.2, -0.15) is 0 Å². The molecule has 0 heteroatoms. The van der Waals surface area contributed by atoms with Crippen molar-refractivity contribution in [2.24, 2.45) is 35.5 Å². The van der Waals surface area contributed by atoms with E-state index in [1.165, 1.54) is 121 Å². The zero-order valence-electron chi connectivity index (χ0n) is 29.5. The van der Waals surface area contributed by atoms with Crippen LogP contribution in [0.25, 0.3) is 0 Å². The molecule has 0 N–H and O–H groups in total. The molecule has 0 saturated carbocycles. The zero-order chi connectivity index (χ0) is 30.2. The number of hydrogen-bond acceptors (Lipinski definition) is 0. The Bertz CT molecular complexity index is 645. The summed E-state index contributed by atoms with van der Waals surface area (Å²) in [4.78, 5) is 0. The van der Waals surface area contributed by atoms with E-state index in [9.17, 15) is 0 Å². The van der Waals surface area contributed by atoms with Gasteiger partial charge in [-0.15, -0.1) is 0 Å². The second-order valence-electron chi connectivity index (χ2n) is 15.0. The fourth-order valence-corrected chi connectivity index (χ4v) is 5.96. The highest BCUT2D eigenvalue weighted by Crippen LogP contribution is 2.23. The molecule has 0 amide bonds. The van der Waals surface area contributed by atoms with Crippen molar-refractivity contribution in [2.45, 2.75) is 185 Å².